The predicted molar refractivity (Wildman–Crippen MR) is 86.6 cm³/mol. The summed E-state index contributed by atoms with van der Waals surface area (Å²) in [6.07, 6.45) is 0.688. The van der Waals surface area contributed by atoms with Gasteiger partial charge in [0.05, 0.1) is 18.3 Å². The van der Waals surface area contributed by atoms with E-state index in [0.29, 0.717) is 16.0 Å². The molecule has 3 rings (SSSR count). The summed E-state index contributed by atoms with van der Waals surface area (Å²) in [6, 6.07) is 9.35. The van der Waals surface area contributed by atoms with E-state index in [0.717, 1.165) is 5.56 Å². The van der Waals surface area contributed by atoms with Gasteiger partial charge in [0.1, 0.15) is 23.3 Å². The van der Waals surface area contributed by atoms with Gasteiger partial charge in [0, 0.05) is 0 Å². The molecule has 114 valence electrons. The van der Waals surface area contributed by atoms with Crippen molar-refractivity contribution in [3.05, 3.63) is 58.0 Å². The summed E-state index contributed by atoms with van der Waals surface area (Å²) in [7, 11) is 0. The van der Waals surface area contributed by atoms with E-state index in [2.05, 4.69) is 4.98 Å². The van der Waals surface area contributed by atoms with Gasteiger partial charge in [-0.15, -0.1) is 11.3 Å². The average molecular weight is 316 g/mol. The van der Waals surface area contributed by atoms with E-state index in [9.17, 15) is 9.90 Å². The van der Waals surface area contributed by atoms with Gasteiger partial charge in [-0.05, 0) is 30.5 Å². The van der Waals surface area contributed by atoms with Crippen LogP contribution in [-0.4, -0.2) is 27.4 Å². The van der Waals surface area contributed by atoms with Crippen molar-refractivity contribution in [2.45, 2.75) is 19.6 Å². The molecular formula is C16H16N2O3S. The van der Waals surface area contributed by atoms with Gasteiger partial charge in [-0.2, -0.15) is 0 Å². The van der Waals surface area contributed by atoms with Crippen LogP contribution in [0.2, 0.25) is 0 Å². The van der Waals surface area contributed by atoms with Crippen molar-refractivity contribution in [2.75, 3.05) is 6.61 Å². The molecule has 3 aromatic rings. The second-order valence-electron chi connectivity index (χ2n) is 5.12. The first-order chi connectivity index (χ1) is 10.6. The fourth-order valence-corrected chi connectivity index (χ4v) is 2.85. The van der Waals surface area contributed by atoms with Gasteiger partial charge in [0.25, 0.3) is 5.56 Å². The first-order valence-corrected chi connectivity index (χ1v) is 7.81. The Labute approximate surface area is 131 Å². The molecule has 0 radical (unpaired) electrons. The van der Waals surface area contributed by atoms with Gasteiger partial charge in [-0.1, -0.05) is 17.7 Å². The molecule has 0 aliphatic heterocycles. The number of aromatic nitrogens is 2. The van der Waals surface area contributed by atoms with Crippen molar-refractivity contribution < 1.29 is 9.84 Å². The van der Waals surface area contributed by atoms with E-state index in [1.165, 1.54) is 22.2 Å². The van der Waals surface area contributed by atoms with Gasteiger partial charge in [-0.25, -0.2) is 4.98 Å². The smallest absolute Gasteiger partial charge is 0.262 e. The monoisotopic (exact) mass is 316 g/mol. The van der Waals surface area contributed by atoms with E-state index in [1.54, 1.807) is 6.07 Å². The topological polar surface area (TPSA) is 64.3 Å². The molecule has 0 amide bonds. The number of ether oxygens (including phenoxy) is 1. The van der Waals surface area contributed by atoms with E-state index in [-0.39, 0.29) is 18.7 Å². The minimum Gasteiger partial charge on any atom is -0.491 e. The van der Waals surface area contributed by atoms with Crippen LogP contribution in [0.4, 0.5) is 0 Å². The largest absolute Gasteiger partial charge is 0.491 e. The lowest BCUT2D eigenvalue weighted by Gasteiger charge is -2.13. The number of rotatable bonds is 5. The van der Waals surface area contributed by atoms with Crippen molar-refractivity contribution in [1.82, 2.24) is 9.55 Å². The zero-order chi connectivity index (χ0) is 15.5. The maximum Gasteiger partial charge on any atom is 0.262 e. The second-order valence-corrected chi connectivity index (χ2v) is 6.01. The Morgan fingerprint density at radius 2 is 2.09 bits per heavy atom. The lowest BCUT2D eigenvalue weighted by Crippen LogP contribution is -2.30. The summed E-state index contributed by atoms with van der Waals surface area (Å²) < 4.78 is 6.94. The number of hydrogen-bond donors (Lipinski definition) is 1. The zero-order valence-corrected chi connectivity index (χ0v) is 12.9. The molecule has 0 saturated carbocycles. The molecule has 1 aromatic carbocycles. The summed E-state index contributed by atoms with van der Waals surface area (Å²) in [5.41, 5.74) is 1.01. The fourth-order valence-electron chi connectivity index (χ4n) is 2.13. The Morgan fingerprint density at radius 1 is 1.32 bits per heavy atom. The third-order valence-corrected chi connectivity index (χ3v) is 4.14. The number of aliphatic hydroxyl groups excluding tert-OH is 1. The number of benzene rings is 1. The van der Waals surface area contributed by atoms with Gasteiger partial charge >= 0.3 is 0 Å². The van der Waals surface area contributed by atoms with E-state index in [1.807, 2.05) is 36.6 Å². The highest BCUT2D eigenvalue weighted by Crippen LogP contribution is 2.14. The molecule has 0 saturated heterocycles. The molecule has 1 N–H and O–H groups in total. The van der Waals surface area contributed by atoms with Crippen molar-refractivity contribution in [3.8, 4) is 5.75 Å². The molecule has 1 unspecified atom stereocenters. The van der Waals surface area contributed by atoms with Gasteiger partial charge in [0.15, 0.2) is 0 Å². The summed E-state index contributed by atoms with van der Waals surface area (Å²) in [5.74, 6) is 0.698. The van der Waals surface area contributed by atoms with E-state index in [4.69, 9.17) is 4.74 Å². The first kappa shape index (κ1) is 14.7. The SMILES string of the molecule is Cc1ccc(OCC(O)Cn2cnc3sccc3c2=O)cc1. The normalized spacial score (nSPS) is 12.5. The van der Waals surface area contributed by atoms with Crippen LogP contribution in [0.1, 0.15) is 5.56 Å². The first-order valence-electron chi connectivity index (χ1n) is 6.93. The minimum absolute atomic E-state index is 0.122. The van der Waals surface area contributed by atoms with Crippen LogP contribution in [0.25, 0.3) is 10.2 Å². The van der Waals surface area contributed by atoms with Crippen LogP contribution in [0.15, 0.2) is 46.8 Å². The highest BCUT2D eigenvalue weighted by atomic mass is 32.1. The number of fused-ring (bicyclic) bond motifs is 1. The molecule has 0 fully saturated rings. The maximum atomic E-state index is 12.2. The van der Waals surface area contributed by atoms with Crippen molar-refractivity contribution >= 4 is 21.6 Å². The summed E-state index contributed by atoms with van der Waals surface area (Å²) in [4.78, 5) is 17.1. The van der Waals surface area contributed by atoms with Crippen molar-refractivity contribution in [2.24, 2.45) is 0 Å². The number of aliphatic hydroxyl groups is 1. The fraction of sp³-hybridized carbons (Fsp3) is 0.250. The summed E-state index contributed by atoms with van der Waals surface area (Å²) in [6.45, 7) is 2.28. The minimum atomic E-state index is -0.781. The molecular weight excluding hydrogens is 300 g/mol. The lowest BCUT2D eigenvalue weighted by atomic mass is 10.2. The predicted octanol–water partition coefficient (Wildman–Crippen LogP) is 2.21. The molecule has 0 aliphatic carbocycles. The van der Waals surface area contributed by atoms with Crippen LogP contribution >= 0.6 is 11.3 Å². The highest BCUT2D eigenvalue weighted by Gasteiger charge is 2.10. The zero-order valence-electron chi connectivity index (χ0n) is 12.1. The van der Waals surface area contributed by atoms with Crippen LogP contribution in [-0.2, 0) is 6.54 Å². The molecule has 2 aromatic heterocycles. The lowest BCUT2D eigenvalue weighted by molar-refractivity contribution is 0.0915. The number of hydrogen-bond acceptors (Lipinski definition) is 5. The van der Waals surface area contributed by atoms with E-state index >= 15 is 0 Å². The van der Waals surface area contributed by atoms with E-state index < -0.39 is 6.10 Å². The van der Waals surface area contributed by atoms with Crippen LogP contribution in [0.5, 0.6) is 5.75 Å². The Morgan fingerprint density at radius 3 is 2.86 bits per heavy atom. The molecule has 6 heteroatoms. The number of aryl methyl sites for hydroxylation is 1. The van der Waals surface area contributed by atoms with Gasteiger partial charge in [-0.3, -0.25) is 9.36 Å². The molecule has 1 atom stereocenters. The molecule has 0 spiro atoms. The molecule has 0 bridgehead atoms. The number of thiophene rings is 1. The second kappa shape index (κ2) is 6.29. The standard InChI is InChI=1S/C16H16N2O3S/c1-11-2-4-13(5-3-11)21-9-12(19)8-18-10-17-15-14(16(18)20)6-7-22-15/h2-7,10,12,19H,8-9H2,1H3. The average Bonchev–Trinajstić information content (AvgIpc) is 2.99. The van der Waals surface area contributed by atoms with Gasteiger partial charge < -0.3 is 9.84 Å². The Kier molecular flexibility index (Phi) is 4.22. The van der Waals surface area contributed by atoms with Crippen LogP contribution < -0.4 is 10.3 Å². The molecule has 0 aliphatic rings. The molecule has 22 heavy (non-hydrogen) atoms. The Bertz CT molecular complexity index is 823. The summed E-state index contributed by atoms with van der Waals surface area (Å²) >= 11 is 1.43. The van der Waals surface area contributed by atoms with Crippen molar-refractivity contribution in [1.29, 1.82) is 0 Å². The Balaban J connectivity index is 1.65. The Hall–Kier alpha value is -2.18. The third-order valence-electron chi connectivity index (χ3n) is 3.32. The number of nitrogens with zero attached hydrogens (tertiary/aromatic N) is 2. The highest BCUT2D eigenvalue weighted by molar-refractivity contribution is 7.16. The third kappa shape index (κ3) is 3.18. The summed E-state index contributed by atoms with van der Waals surface area (Å²) in [5, 5.41) is 12.5. The maximum absolute atomic E-state index is 12.2. The van der Waals surface area contributed by atoms with Crippen LogP contribution in [0, 0.1) is 6.92 Å². The van der Waals surface area contributed by atoms with Gasteiger partial charge in [0.2, 0.25) is 0 Å². The molecule has 5 nitrogen and oxygen atoms in total. The van der Waals surface area contributed by atoms with Crippen LogP contribution in [0.3, 0.4) is 0 Å². The van der Waals surface area contributed by atoms with Crippen molar-refractivity contribution in [3.63, 3.8) is 0 Å². The molecule has 2 heterocycles. The quantitative estimate of drug-likeness (QED) is 0.784.